The number of hydrogen-bond acceptors (Lipinski definition) is 7. The van der Waals surface area contributed by atoms with Gasteiger partial charge in [0.05, 0.1) is 23.0 Å². The van der Waals surface area contributed by atoms with Crippen molar-refractivity contribution >= 4 is 41.7 Å². The van der Waals surface area contributed by atoms with Crippen LogP contribution < -0.4 is 4.72 Å². The summed E-state index contributed by atoms with van der Waals surface area (Å²) >= 11 is 2.21. The van der Waals surface area contributed by atoms with Gasteiger partial charge in [0.25, 0.3) is 0 Å². The summed E-state index contributed by atoms with van der Waals surface area (Å²) in [5, 5.41) is 10.4. The van der Waals surface area contributed by atoms with E-state index in [1.54, 1.807) is 12.1 Å². The fourth-order valence-corrected chi connectivity index (χ4v) is 3.22. The Labute approximate surface area is 142 Å². The van der Waals surface area contributed by atoms with E-state index in [1.165, 1.54) is 11.9 Å². The maximum absolute atomic E-state index is 12.0. The summed E-state index contributed by atoms with van der Waals surface area (Å²) in [5.74, 6) is -1.95. The molecule has 0 saturated heterocycles. The highest BCUT2D eigenvalue weighted by atomic mass is 32.2. The molecule has 1 aromatic rings. The molecule has 1 aliphatic rings. The van der Waals surface area contributed by atoms with Gasteiger partial charge in [-0.25, -0.2) is 4.72 Å². The lowest BCUT2D eigenvalue weighted by Crippen LogP contribution is -2.27. The van der Waals surface area contributed by atoms with Gasteiger partial charge in [0, 0.05) is 6.42 Å². The number of carbonyl (C=O) groups excluding carboxylic acids is 2. The second kappa shape index (κ2) is 8.76. The molecule has 1 atom stereocenters. The van der Waals surface area contributed by atoms with Crippen LogP contribution in [0.1, 0.15) is 18.4 Å². The van der Waals surface area contributed by atoms with Crippen molar-refractivity contribution in [1.82, 2.24) is 4.72 Å². The quantitative estimate of drug-likeness (QED) is 0.418. The van der Waals surface area contributed by atoms with Crippen molar-refractivity contribution in [2.75, 3.05) is 0 Å². The molecule has 0 amide bonds. The number of Topliss-reactive ketones (excluding diaryl/α,β-unsaturated/α-hetero) is 1. The minimum atomic E-state index is -1.23. The van der Waals surface area contributed by atoms with Crippen LogP contribution in [0.25, 0.3) is 0 Å². The van der Waals surface area contributed by atoms with E-state index in [9.17, 15) is 14.4 Å². The van der Waals surface area contributed by atoms with Crippen molar-refractivity contribution < 1.29 is 23.7 Å². The van der Waals surface area contributed by atoms with E-state index in [0.717, 1.165) is 17.6 Å². The summed E-state index contributed by atoms with van der Waals surface area (Å²) in [6.07, 6.45) is 2.03. The fourth-order valence-electron chi connectivity index (χ4n) is 1.89. The van der Waals surface area contributed by atoms with Crippen LogP contribution in [0.2, 0.25) is 0 Å². The number of rotatable bonds is 8. The fraction of sp³-hybridized carbons (Fsp3) is 0.267. The Morgan fingerprint density at radius 3 is 2.78 bits per heavy atom. The summed E-state index contributed by atoms with van der Waals surface area (Å²) in [5.41, 5.74) is 0.878. The molecule has 2 N–H and O–H groups in total. The van der Waals surface area contributed by atoms with Gasteiger partial charge in [0.2, 0.25) is 0 Å². The molecule has 6 nitrogen and oxygen atoms in total. The average Bonchev–Trinajstić information content (AvgIpc) is 3.05. The van der Waals surface area contributed by atoms with Gasteiger partial charge in [-0.15, -0.1) is 0 Å². The van der Waals surface area contributed by atoms with Crippen molar-refractivity contribution in [3.8, 4) is 0 Å². The first-order chi connectivity index (χ1) is 11.1. The zero-order chi connectivity index (χ0) is 16.7. The normalized spacial score (nSPS) is 16.3. The highest BCUT2D eigenvalue weighted by molar-refractivity contribution is 8.00. The van der Waals surface area contributed by atoms with E-state index in [1.807, 2.05) is 23.6 Å². The number of hydrogen-bond donors (Lipinski definition) is 2. The largest absolute Gasteiger partial charge is 0.481 e. The third-order valence-corrected chi connectivity index (χ3v) is 4.54. The molecule has 0 bridgehead atoms. The van der Waals surface area contributed by atoms with Gasteiger partial charge in [-0.3, -0.25) is 14.4 Å². The zero-order valence-corrected chi connectivity index (χ0v) is 13.7. The van der Waals surface area contributed by atoms with E-state index in [0.29, 0.717) is 17.7 Å². The summed E-state index contributed by atoms with van der Waals surface area (Å²) in [4.78, 5) is 34.4. The van der Waals surface area contributed by atoms with Gasteiger partial charge in [-0.2, -0.15) is 0 Å². The highest BCUT2D eigenvalue weighted by Crippen LogP contribution is 2.25. The molecule has 23 heavy (non-hydrogen) atoms. The monoisotopic (exact) mass is 353 g/mol. The predicted molar refractivity (Wildman–Crippen MR) is 87.6 cm³/mol. The number of nitrogens with one attached hydrogen (secondary N) is 1. The van der Waals surface area contributed by atoms with Gasteiger partial charge in [0.1, 0.15) is 6.42 Å². The number of benzene rings is 1. The molecule has 0 spiro atoms. The molecule has 1 aliphatic heterocycles. The maximum atomic E-state index is 12.0. The molecule has 0 fully saturated rings. The second-order valence-electron chi connectivity index (χ2n) is 4.73. The standard InChI is InChI=1S/C15H15NO5S2/c17-12(11-7-8-22-16-11)6-5-10-3-1-2-4-13(10)23-21-15(20)9-14(18)19/h1-4,7-8,11,16H,5-6,9H2,(H,18,19)/t11-/m1/s1. The van der Waals surface area contributed by atoms with Crippen LogP contribution in [0.5, 0.6) is 0 Å². The van der Waals surface area contributed by atoms with Gasteiger partial charge in [-0.05, 0) is 23.5 Å². The molecular weight excluding hydrogens is 338 g/mol. The maximum Gasteiger partial charge on any atom is 0.329 e. The van der Waals surface area contributed by atoms with Crippen LogP contribution in [0.15, 0.2) is 40.6 Å². The zero-order valence-electron chi connectivity index (χ0n) is 12.1. The summed E-state index contributed by atoms with van der Waals surface area (Å²) < 4.78 is 7.86. The average molecular weight is 353 g/mol. The van der Waals surface area contributed by atoms with Crippen LogP contribution in [0.3, 0.4) is 0 Å². The highest BCUT2D eigenvalue weighted by Gasteiger charge is 2.18. The number of carbonyl (C=O) groups is 3. The Kier molecular flexibility index (Phi) is 6.69. The van der Waals surface area contributed by atoms with Crippen LogP contribution in [-0.2, 0) is 25.0 Å². The number of aliphatic carboxylic acids is 1. The molecule has 1 heterocycles. The lowest BCUT2D eigenvalue weighted by atomic mass is 10.0. The minimum Gasteiger partial charge on any atom is -0.481 e. The lowest BCUT2D eigenvalue weighted by molar-refractivity contribution is -0.145. The van der Waals surface area contributed by atoms with E-state index < -0.39 is 18.4 Å². The molecule has 2 rings (SSSR count). The first kappa shape index (κ1) is 17.6. The molecule has 0 aromatic heterocycles. The molecule has 0 radical (unpaired) electrons. The van der Waals surface area contributed by atoms with Gasteiger partial charge >= 0.3 is 11.9 Å². The molecule has 0 aliphatic carbocycles. The van der Waals surface area contributed by atoms with Crippen molar-refractivity contribution in [1.29, 1.82) is 0 Å². The topological polar surface area (TPSA) is 92.7 Å². The first-order valence-corrected chi connectivity index (χ1v) is 8.46. The second-order valence-corrected chi connectivity index (χ2v) is 6.24. The number of carboxylic acids is 1. The Bertz CT molecular complexity index is 632. The lowest BCUT2D eigenvalue weighted by Gasteiger charge is -2.10. The van der Waals surface area contributed by atoms with Crippen molar-refractivity contribution in [3.05, 3.63) is 41.3 Å². The molecule has 8 heteroatoms. The van der Waals surface area contributed by atoms with Crippen molar-refractivity contribution in [2.24, 2.45) is 0 Å². The van der Waals surface area contributed by atoms with Gasteiger partial charge in [0.15, 0.2) is 5.78 Å². The van der Waals surface area contributed by atoms with E-state index in [4.69, 9.17) is 9.29 Å². The minimum absolute atomic E-state index is 0.0916. The number of ketones is 1. The molecule has 0 saturated carbocycles. The van der Waals surface area contributed by atoms with Gasteiger partial charge in [-0.1, -0.05) is 36.2 Å². The van der Waals surface area contributed by atoms with E-state index in [2.05, 4.69) is 4.72 Å². The van der Waals surface area contributed by atoms with Crippen molar-refractivity contribution in [2.45, 2.75) is 30.2 Å². The number of aryl methyl sites for hydroxylation is 1. The van der Waals surface area contributed by atoms with Crippen LogP contribution in [0.4, 0.5) is 0 Å². The summed E-state index contributed by atoms with van der Waals surface area (Å²) in [7, 11) is 0. The van der Waals surface area contributed by atoms with Crippen molar-refractivity contribution in [3.63, 3.8) is 0 Å². The number of carboxylic acid groups (broad SMARTS) is 1. The van der Waals surface area contributed by atoms with Crippen LogP contribution >= 0.6 is 24.0 Å². The van der Waals surface area contributed by atoms with Gasteiger partial charge < -0.3 is 9.29 Å². The van der Waals surface area contributed by atoms with E-state index >= 15 is 0 Å². The molecule has 1 aromatic carbocycles. The summed E-state index contributed by atoms with van der Waals surface area (Å²) in [6, 6.07) is 6.99. The third-order valence-electron chi connectivity index (χ3n) is 3.01. The van der Waals surface area contributed by atoms with E-state index in [-0.39, 0.29) is 11.8 Å². The molecule has 0 unspecified atom stereocenters. The Hall–Kier alpha value is -1.77. The SMILES string of the molecule is O=C(O)CC(=O)OSc1ccccc1CCC(=O)[C@H]1C=CSN1. The molecule has 122 valence electrons. The predicted octanol–water partition coefficient (Wildman–Crippen LogP) is 2.35. The first-order valence-electron chi connectivity index (χ1n) is 6.84. The molecular formula is C15H15NO5S2. The summed E-state index contributed by atoms with van der Waals surface area (Å²) in [6.45, 7) is 0. The third kappa shape index (κ3) is 5.74. The Balaban J connectivity index is 1.89. The van der Waals surface area contributed by atoms with Crippen LogP contribution in [0, 0.1) is 0 Å². The van der Waals surface area contributed by atoms with Crippen LogP contribution in [-0.4, -0.2) is 28.9 Å². The smallest absolute Gasteiger partial charge is 0.329 e. The Morgan fingerprint density at radius 2 is 2.09 bits per heavy atom. The Morgan fingerprint density at radius 1 is 1.30 bits per heavy atom.